The SMILES string of the molecule is Cc1ccc(Nc2nc(C(C)(C)C(=O)O)cs2)c(Cl)c1. The number of carboxylic acid groups (broad SMARTS) is 1. The molecule has 0 unspecified atom stereocenters. The predicted molar refractivity (Wildman–Crippen MR) is 82.2 cm³/mol. The van der Waals surface area contributed by atoms with Gasteiger partial charge in [-0.3, -0.25) is 4.79 Å². The second-order valence-electron chi connectivity index (χ2n) is 5.08. The third kappa shape index (κ3) is 2.94. The van der Waals surface area contributed by atoms with E-state index >= 15 is 0 Å². The van der Waals surface area contributed by atoms with Crippen molar-refractivity contribution >= 4 is 39.7 Å². The number of aliphatic carboxylic acids is 1. The fourth-order valence-electron chi connectivity index (χ4n) is 1.56. The van der Waals surface area contributed by atoms with Crippen LogP contribution in [-0.4, -0.2) is 16.1 Å². The lowest BCUT2D eigenvalue weighted by atomic mass is 9.90. The number of carbonyl (C=O) groups is 1. The van der Waals surface area contributed by atoms with Crippen molar-refractivity contribution in [3.05, 3.63) is 39.9 Å². The molecule has 6 heteroatoms. The molecule has 2 aromatic rings. The van der Waals surface area contributed by atoms with Crippen molar-refractivity contribution in [2.24, 2.45) is 0 Å². The quantitative estimate of drug-likeness (QED) is 0.888. The van der Waals surface area contributed by atoms with Crippen molar-refractivity contribution in [2.45, 2.75) is 26.2 Å². The molecule has 0 fully saturated rings. The normalized spacial score (nSPS) is 11.4. The second-order valence-corrected chi connectivity index (χ2v) is 6.34. The van der Waals surface area contributed by atoms with Crippen molar-refractivity contribution in [3.8, 4) is 0 Å². The van der Waals surface area contributed by atoms with E-state index in [1.165, 1.54) is 11.3 Å². The van der Waals surface area contributed by atoms with Gasteiger partial charge in [0.2, 0.25) is 0 Å². The van der Waals surface area contributed by atoms with Crippen LogP contribution in [0.15, 0.2) is 23.6 Å². The van der Waals surface area contributed by atoms with Gasteiger partial charge in [-0.25, -0.2) is 4.98 Å². The first-order chi connectivity index (χ1) is 9.30. The number of carboxylic acids is 1. The van der Waals surface area contributed by atoms with Crippen LogP contribution in [0, 0.1) is 6.92 Å². The van der Waals surface area contributed by atoms with Crippen molar-refractivity contribution in [1.29, 1.82) is 0 Å². The van der Waals surface area contributed by atoms with Crippen LogP contribution < -0.4 is 5.32 Å². The van der Waals surface area contributed by atoms with Gasteiger partial charge < -0.3 is 10.4 Å². The Hall–Kier alpha value is -1.59. The van der Waals surface area contributed by atoms with Crippen LogP contribution in [0.1, 0.15) is 25.1 Å². The number of nitrogens with one attached hydrogen (secondary N) is 1. The molecule has 106 valence electrons. The summed E-state index contributed by atoms with van der Waals surface area (Å²) in [6, 6.07) is 5.69. The van der Waals surface area contributed by atoms with E-state index < -0.39 is 11.4 Å². The monoisotopic (exact) mass is 310 g/mol. The van der Waals surface area contributed by atoms with Gasteiger partial charge in [-0.15, -0.1) is 11.3 Å². The summed E-state index contributed by atoms with van der Waals surface area (Å²) < 4.78 is 0. The number of aryl methyl sites for hydroxylation is 1. The van der Waals surface area contributed by atoms with Gasteiger partial charge in [0.15, 0.2) is 5.13 Å². The molecule has 20 heavy (non-hydrogen) atoms. The summed E-state index contributed by atoms with van der Waals surface area (Å²) in [6.45, 7) is 5.23. The van der Waals surface area contributed by atoms with Crippen LogP contribution in [0.5, 0.6) is 0 Å². The maximum absolute atomic E-state index is 11.2. The maximum Gasteiger partial charge on any atom is 0.315 e. The van der Waals surface area contributed by atoms with Gasteiger partial charge in [-0.2, -0.15) is 0 Å². The van der Waals surface area contributed by atoms with Crippen LogP contribution in [0.4, 0.5) is 10.8 Å². The Kier molecular flexibility index (Phi) is 4.01. The zero-order chi connectivity index (χ0) is 14.9. The van der Waals surface area contributed by atoms with E-state index in [2.05, 4.69) is 10.3 Å². The second kappa shape index (κ2) is 5.42. The molecule has 0 amide bonds. The third-order valence-electron chi connectivity index (χ3n) is 3.05. The molecule has 2 rings (SSSR count). The van der Waals surface area contributed by atoms with E-state index in [4.69, 9.17) is 11.6 Å². The fraction of sp³-hybridized carbons (Fsp3) is 0.286. The van der Waals surface area contributed by atoms with E-state index in [9.17, 15) is 9.90 Å². The maximum atomic E-state index is 11.2. The number of thiazole rings is 1. The minimum atomic E-state index is -1.01. The average molecular weight is 311 g/mol. The summed E-state index contributed by atoms with van der Waals surface area (Å²) in [5.41, 5.74) is 1.35. The molecule has 4 nitrogen and oxygen atoms in total. The third-order valence-corrected chi connectivity index (χ3v) is 4.12. The number of anilines is 2. The Balaban J connectivity index is 2.24. The number of rotatable bonds is 4. The number of benzene rings is 1. The largest absolute Gasteiger partial charge is 0.481 e. The Morgan fingerprint density at radius 2 is 2.15 bits per heavy atom. The van der Waals surface area contributed by atoms with Gasteiger partial charge in [-0.1, -0.05) is 17.7 Å². The summed E-state index contributed by atoms with van der Waals surface area (Å²) in [5, 5.41) is 15.3. The van der Waals surface area contributed by atoms with Gasteiger partial charge >= 0.3 is 5.97 Å². The van der Waals surface area contributed by atoms with E-state index in [1.54, 1.807) is 19.2 Å². The van der Waals surface area contributed by atoms with Gasteiger partial charge in [0, 0.05) is 5.38 Å². The minimum Gasteiger partial charge on any atom is -0.481 e. The van der Waals surface area contributed by atoms with E-state index in [1.807, 2.05) is 25.1 Å². The summed E-state index contributed by atoms with van der Waals surface area (Å²) in [5.74, 6) is -0.900. The number of hydrogen-bond donors (Lipinski definition) is 2. The molecule has 0 aliphatic carbocycles. The molecule has 0 radical (unpaired) electrons. The highest BCUT2D eigenvalue weighted by atomic mass is 35.5. The van der Waals surface area contributed by atoms with Crippen LogP contribution in [0.25, 0.3) is 0 Å². The van der Waals surface area contributed by atoms with Crippen molar-refractivity contribution in [3.63, 3.8) is 0 Å². The lowest BCUT2D eigenvalue weighted by Crippen LogP contribution is -2.28. The zero-order valence-corrected chi connectivity index (χ0v) is 13.0. The Morgan fingerprint density at radius 3 is 2.75 bits per heavy atom. The topological polar surface area (TPSA) is 62.2 Å². The first kappa shape index (κ1) is 14.8. The fourth-order valence-corrected chi connectivity index (χ4v) is 2.74. The van der Waals surface area contributed by atoms with Crippen molar-refractivity contribution in [2.75, 3.05) is 5.32 Å². The molecule has 0 saturated heterocycles. The predicted octanol–water partition coefficient (Wildman–Crippen LogP) is 4.21. The molecule has 1 aromatic heterocycles. The van der Waals surface area contributed by atoms with Crippen LogP contribution in [0.3, 0.4) is 0 Å². The van der Waals surface area contributed by atoms with Crippen LogP contribution >= 0.6 is 22.9 Å². The molecule has 0 bridgehead atoms. The first-order valence-corrected chi connectivity index (χ1v) is 7.29. The van der Waals surface area contributed by atoms with Gasteiger partial charge in [-0.05, 0) is 38.5 Å². The molecule has 0 aliphatic heterocycles. The molecule has 2 N–H and O–H groups in total. The Labute approximate surface area is 126 Å². The standard InChI is InChI=1S/C14H15ClN2O2S/c1-8-4-5-10(9(15)6-8)16-13-17-11(7-20-13)14(2,3)12(18)19/h4-7H,1-3H3,(H,16,17)(H,18,19). The Morgan fingerprint density at radius 1 is 1.45 bits per heavy atom. The van der Waals surface area contributed by atoms with Gasteiger partial charge in [0.05, 0.1) is 16.4 Å². The van der Waals surface area contributed by atoms with E-state index in [0.717, 1.165) is 11.3 Å². The molecule has 0 atom stereocenters. The zero-order valence-electron chi connectivity index (χ0n) is 11.4. The highest BCUT2D eigenvalue weighted by Gasteiger charge is 2.32. The summed E-state index contributed by atoms with van der Waals surface area (Å²) in [6.07, 6.45) is 0. The lowest BCUT2D eigenvalue weighted by Gasteiger charge is -2.15. The highest BCUT2D eigenvalue weighted by molar-refractivity contribution is 7.13. The summed E-state index contributed by atoms with van der Waals surface area (Å²) >= 11 is 7.50. The van der Waals surface area contributed by atoms with E-state index in [-0.39, 0.29) is 0 Å². The first-order valence-electron chi connectivity index (χ1n) is 6.03. The molecule has 0 aliphatic rings. The smallest absolute Gasteiger partial charge is 0.315 e. The molecule has 1 heterocycles. The number of halogens is 1. The molecule has 0 saturated carbocycles. The van der Waals surface area contributed by atoms with Crippen LogP contribution in [-0.2, 0) is 10.2 Å². The van der Waals surface area contributed by atoms with Crippen molar-refractivity contribution < 1.29 is 9.90 Å². The number of aromatic nitrogens is 1. The Bertz CT molecular complexity index is 652. The molecule has 0 spiro atoms. The molecule has 1 aromatic carbocycles. The summed E-state index contributed by atoms with van der Waals surface area (Å²) in [7, 11) is 0. The highest BCUT2D eigenvalue weighted by Crippen LogP contribution is 2.31. The van der Waals surface area contributed by atoms with Crippen molar-refractivity contribution in [1.82, 2.24) is 4.98 Å². The number of nitrogens with zero attached hydrogens (tertiary/aromatic N) is 1. The molecular formula is C14H15ClN2O2S. The van der Waals surface area contributed by atoms with Gasteiger partial charge in [0.1, 0.15) is 5.41 Å². The van der Waals surface area contributed by atoms with Gasteiger partial charge in [0.25, 0.3) is 0 Å². The van der Waals surface area contributed by atoms with E-state index in [0.29, 0.717) is 15.8 Å². The summed E-state index contributed by atoms with van der Waals surface area (Å²) in [4.78, 5) is 15.5. The number of hydrogen-bond acceptors (Lipinski definition) is 4. The minimum absolute atomic E-state index is 0.528. The van der Waals surface area contributed by atoms with Crippen LogP contribution in [0.2, 0.25) is 5.02 Å². The lowest BCUT2D eigenvalue weighted by molar-refractivity contribution is -0.142. The average Bonchev–Trinajstić information content (AvgIpc) is 2.81. The molecular weight excluding hydrogens is 296 g/mol.